The Morgan fingerprint density at radius 3 is 2.48 bits per heavy atom. The fraction of sp³-hybridized carbons (Fsp3) is 0.357. The van der Waals surface area contributed by atoms with Crippen LogP contribution in [0.4, 0.5) is 17.6 Å². The van der Waals surface area contributed by atoms with Gasteiger partial charge in [-0.2, -0.15) is 8.78 Å². The van der Waals surface area contributed by atoms with Crippen molar-refractivity contribution in [3.05, 3.63) is 36.2 Å². The van der Waals surface area contributed by atoms with Crippen molar-refractivity contribution in [1.82, 2.24) is 19.7 Å². The van der Waals surface area contributed by atoms with Gasteiger partial charge < -0.3 is 9.47 Å². The van der Waals surface area contributed by atoms with E-state index in [0.29, 0.717) is 10.7 Å². The van der Waals surface area contributed by atoms with E-state index in [1.165, 1.54) is 0 Å². The number of hydrogen-bond acceptors (Lipinski definition) is 3. The first-order valence-corrected chi connectivity index (χ1v) is 6.84. The SMILES string of the molecule is O=C(N1CCn2c(nnc2-c2ccccc2)C1)C(F)(F)C(F)F. The lowest BCUT2D eigenvalue weighted by atomic mass is 10.2. The Morgan fingerprint density at radius 2 is 1.83 bits per heavy atom. The van der Waals surface area contributed by atoms with E-state index in [2.05, 4.69) is 10.2 Å². The minimum Gasteiger partial charge on any atom is -0.328 e. The highest BCUT2D eigenvalue weighted by Gasteiger charge is 2.51. The number of rotatable bonds is 3. The zero-order valence-corrected chi connectivity index (χ0v) is 11.8. The van der Waals surface area contributed by atoms with E-state index in [-0.39, 0.29) is 25.5 Å². The van der Waals surface area contributed by atoms with Crippen LogP contribution in [0.1, 0.15) is 5.82 Å². The molecule has 0 bridgehead atoms. The summed E-state index contributed by atoms with van der Waals surface area (Å²) >= 11 is 0. The molecule has 0 N–H and O–H groups in total. The van der Waals surface area contributed by atoms with E-state index >= 15 is 0 Å². The molecular formula is C14H12F4N4O. The summed E-state index contributed by atoms with van der Waals surface area (Å²) in [6.45, 7) is -0.218. The molecule has 9 heteroatoms. The minimum absolute atomic E-state index is 0.105. The van der Waals surface area contributed by atoms with E-state index in [0.717, 1.165) is 5.56 Å². The first kappa shape index (κ1) is 15.4. The van der Waals surface area contributed by atoms with Crippen molar-refractivity contribution in [2.75, 3.05) is 6.54 Å². The van der Waals surface area contributed by atoms with Gasteiger partial charge in [-0.15, -0.1) is 10.2 Å². The monoisotopic (exact) mass is 328 g/mol. The van der Waals surface area contributed by atoms with Gasteiger partial charge in [0.25, 0.3) is 5.91 Å². The zero-order valence-electron chi connectivity index (χ0n) is 11.8. The van der Waals surface area contributed by atoms with Gasteiger partial charge in [-0.25, -0.2) is 8.78 Å². The number of nitrogens with zero attached hydrogens (tertiary/aromatic N) is 4. The third kappa shape index (κ3) is 2.66. The highest BCUT2D eigenvalue weighted by molar-refractivity contribution is 5.84. The number of halogens is 4. The number of aromatic nitrogens is 3. The summed E-state index contributed by atoms with van der Waals surface area (Å²) in [6, 6.07) is 9.11. The van der Waals surface area contributed by atoms with Gasteiger partial charge in [0, 0.05) is 18.7 Å². The Morgan fingerprint density at radius 1 is 1.13 bits per heavy atom. The summed E-state index contributed by atoms with van der Waals surface area (Å²) in [6.07, 6.45) is -4.03. The number of benzene rings is 1. The summed E-state index contributed by atoms with van der Waals surface area (Å²) in [5.41, 5.74) is 0.795. The van der Waals surface area contributed by atoms with Crippen LogP contribution in [-0.4, -0.2) is 44.5 Å². The van der Waals surface area contributed by atoms with Crippen LogP contribution < -0.4 is 0 Å². The molecule has 0 spiro atoms. The Balaban J connectivity index is 1.84. The van der Waals surface area contributed by atoms with Gasteiger partial charge in [0.15, 0.2) is 11.6 Å². The summed E-state index contributed by atoms with van der Waals surface area (Å²) in [5.74, 6) is -5.74. The van der Waals surface area contributed by atoms with Crippen LogP contribution in [-0.2, 0) is 17.9 Å². The molecule has 1 aliphatic heterocycles. The molecular weight excluding hydrogens is 316 g/mol. The molecule has 1 aromatic heterocycles. The number of amides is 1. The second kappa shape index (κ2) is 5.64. The molecule has 0 saturated carbocycles. The fourth-order valence-corrected chi connectivity index (χ4v) is 2.44. The molecule has 0 saturated heterocycles. The molecule has 0 aliphatic carbocycles. The normalized spacial score (nSPS) is 14.9. The van der Waals surface area contributed by atoms with Crippen LogP contribution in [0.3, 0.4) is 0 Å². The van der Waals surface area contributed by atoms with E-state index < -0.39 is 18.3 Å². The van der Waals surface area contributed by atoms with Crippen LogP contribution in [0.15, 0.2) is 30.3 Å². The van der Waals surface area contributed by atoms with Crippen molar-refractivity contribution in [2.45, 2.75) is 25.4 Å². The lowest BCUT2D eigenvalue weighted by Crippen LogP contribution is -2.50. The molecule has 5 nitrogen and oxygen atoms in total. The molecule has 1 amide bonds. The number of fused-ring (bicyclic) bond motifs is 1. The molecule has 0 fully saturated rings. The van der Waals surface area contributed by atoms with Crippen molar-refractivity contribution in [2.24, 2.45) is 0 Å². The second-order valence-corrected chi connectivity index (χ2v) is 5.11. The molecule has 1 aliphatic rings. The Labute approximate surface area is 128 Å². The highest BCUT2D eigenvalue weighted by atomic mass is 19.3. The molecule has 2 heterocycles. The number of hydrogen-bond donors (Lipinski definition) is 0. The van der Waals surface area contributed by atoms with Crippen LogP contribution in [0, 0.1) is 0 Å². The first-order valence-electron chi connectivity index (χ1n) is 6.84. The Kier molecular flexibility index (Phi) is 3.78. The zero-order chi connectivity index (χ0) is 16.6. The van der Waals surface area contributed by atoms with E-state index in [1.807, 2.05) is 30.3 Å². The van der Waals surface area contributed by atoms with Crippen molar-refractivity contribution in [1.29, 1.82) is 0 Å². The van der Waals surface area contributed by atoms with Crippen LogP contribution >= 0.6 is 0 Å². The summed E-state index contributed by atoms with van der Waals surface area (Å²) in [7, 11) is 0. The molecule has 3 rings (SSSR count). The van der Waals surface area contributed by atoms with Crippen molar-refractivity contribution in [3.8, 4) is 11.4 Å². The van der Waals surface area contributed by atoms with Gasteiger partial charge in [0.1, 0.15) is 0 Å². The topological polar surface area (TPSA) is 51.0 Å². The molecule has 122 valence electrons. The van der Waals surface area contributed by atoms with Crippen molar-refractivity contribution < 1.29 is 22.4 Å². The van der Waals surface area contributed by atoms with Crippen LogP contribution in [0.2, 0.25) is 0 Å². The number of alkyl halides is 4. The van der Waals surface area contributed by atoms with Gasteiger partial charge in [-0.05, 0) is 0 Å². The van der Waals surface area contributed by atoms with E-state index in [1.54, 1.807) is 4.57 Å². The Hall–Kier alpha value is -2.45. The maximum Gasteiger partial charge on any atom is 0.383 e. The lowest BCUT2D eigenvalue weighted by molar-refractivity contribution is -0.182. The minimum atomic E-state index is -4.69. The Bertz CT molecular complexity index is 717. The second-order valence-electron chi connectivity index (χ2n) is 5.11. The third-order valence-corrected chi connectivity index (χ3v) is 3.63. The van der Waals surface area contributed by atoms with Gasteiger partial charge >= 0.3 is 12.3 Å². The third-order valence-electron chi connectivity index (χ3n) is 3.63. The van der Waals surface area contributed by atoms with Gasteiger partial charge in [-0.3, -0.25) is 4.79 Å². The van der Waals surface area contributed by atoms with Crippen LogP contribution in [0.5, 0.6) is 0 Å². The van der Waals surface area contributed by atoms with Crippen LogP contribution in [0.25, 0.3) is 11.4 Å². The molecule has 2 aromatic rings. The average molecular weight is 328 g/mol. The largest absolute Gasteiger partial charge is 0.383 e. The van der Waals surface area contributed by atoms with Gasteiger partial charge in [0.2, 0.25) is 0 Å². The number of carbonyl (C=O) groups is 1. The molecule has 0 radical (unpaired) electrons. The number of carbonyl (C=O) groups excluding carboxylic acids is 1. The van der Waals surface area contributed by atoms with Gasteiger partial charge in [-0.1, -0.05) is 30.3 Å². The quantitative estimate of drug-likeness (QED) is 0.812. The van der Waals surface area contributed by atoms with Crippen molar-refractivity contribution >= 4 is 5.91 Å². The average Bonchev–Trinajstić information content (AvgIpc) is 2.97. The highest BCUT2D eigenvalue weighted by Crippen LogP contribution is 2.28. The first-order chi connectivity index (χ1) is 10.9. The smallest absolute Gasteiger partial charge is 0.328 e. The van der Waals surface area contributed by atoms with E-state index in [9.17, 15) is 22.4 Å². The summed E-state index contributed by atoms with van der Waals surface area (Å²) in [4.78, 5) is 12.3. The summed E-state index contributed by atoms with van der Waals surface area (Å²) in [5, 5.41) is 7.88. The predicted molar refractivity (Wildman–Crippen MR) is 71.8 cm³/mol. The molecule has 23 heavy (non-hydrogen) atoms. The standard InChI is InChI=1S/C14H12F4N4O/c15-12(16)14(17,18)13(23)21-6-7-22-10(8-21)19-20-11(22)9-4-2-1-3-5-9/h1-5,12H,6-8H2. The predicted octanol–water partition coefficient (Wildman–Crippen LogP) is 2.19. The fourth-order valence-electron chi connectivity index (χ4n) is 2.44. The summed E-state index contributed by atoms with van der Waals surface area (Å²) < 4.78 is 52.7. The van der Waals surface area contributed by atoms with E-state index in [4.69, 9.17) is 0 Å². The van der Waals surface area contributed by atoms with Gasteiger partial charge in [0.05, 0.1) is 6.54 Å². The lowest BCUT2D eigenvalue weighted by Gasteiger charge is -2.30. The molecule has 0 unspecified atom stereocenters. The maximum atomic E-state index is 13.2. The van der Waals surface area contributed by atoms with Crippen molar-refractivity contribution in [3.63, 3.8) is 0 Å². The maximum absolute atomic E-state index is 13.2. The molecule has 0 atom stereocenters. The molecule has 1 aromatic carbocycles.